The summed E-state index contributed by atoms with van der Waals surface area (Å²) in [6, 6.07) is 7.56. The van der Waals surface area contributed by atoms with Crippen molar-refractivity contribution in [2.75, 3.05) is 19.5 Å². The Morgan fingerprint density at radius 2 is 2.09 bits per heavy atom. The number of hydrogen-bond donors (Lipinski definition) is 2. The van der Waals surface area contributed by atoms with Gasteiger partial charge in [0, 0.05) is 43.2 Å². The lowest BCUT2D eigenvalue weighted by Gasteiger charge is -2.14. The van der Waals surface area contributed by atoms with E-state index in [0.29, 0.717) is 42.4 Å². The zero-order valence-electron chi connectivity index (χ0n) is 19.6. The molecular weight excluding hydrogens is 452 g/mol. The first-order chi connectivity index (χ1) is 17.0. The van der Waals surface area contributed by atoms with Gasteiger partial charge in [-0.15, -0.1) is 0 Å². The molecule has 1 fully saturated rings. The SMILES string of the molecule is COc1ccc(CNc2ncnc3c2c(-c2ccn(C)n2)cn3C2CCC(C(=O)O)O2)c(OC)c1. The lowest BCUT2D eigenvalue weighted by Crippen LogP contribution is -2.20. The Kier molecular flexibility index (Phi) is 6.00. The summed E-state index contributed by atoms with van der Waals surface area (Å²) < 4.78 is 20.2. The van der Waals surface area contributed by atoms with Crippen LogP contribution in [0.25, 0.3) is 22.3 Å². The highest BCUT2D eigenvalue weighted by Crippen LogP contribution is 2.38. The van der Waals surface area contributed by atoms with Crippen LogP contribution in [0.3, 0.4) is 0 Å². The molecule has 1 aliphatic rings. The quantitative estimate of drug-likeness (QED) is 0.392. The minimum atomic E-state index is -0.959. The van der Waals surface area contributed by atoms with E-state index in [0.717, 1.165) is 22.2 Å². The number of methoxy groups -OCH3 is 2. The fraction of sp³-hybridized carbons (Fsp3) is 0.333. The second-order valence-electron chi connectivity index (χ2n) is 8.27. The predicted octanol–water partition coefficient (Wildman–Crippen LogP) is 3.22. The minimum Gasteiger partial charge on any atom is -0.497 e. The Labute approximate surface area is 201 Å². The van der Waals surface area contributed by atoms with E-state index in [1.54, 1.807) is 18.9 Å². The number of hydrogen-bond acceptors (Lipinski definition) is 8. The van der Waals surface area contributed by atoms with Crippen LogP contribution < -0.4 is 14.8 Å². The van der Waals surface area contributed by atoms with Gasteiger partial charge < -0.3 is 29.2 Å². The highest BCUT2D eigenvalue weighted by molar-refractivity contribution is 6.00. The molecule has 1 aliphatic heterocycles. The van der Waals surface area contributed by atoms with Crippen LogP contribution in [-0.4, -0.2) is 55.7 Å². The van der Waals surface area contributed by atoms with E-state index in [4.69, 9.17) is 14.2 Å². The number of anilines is 1. The van der Waals surface area contributed by atoms with Crippen LogP contribution in [0.2, 0.25) is 0 Å². The molecule has 0 spiro atoms. The molecule has 35 heavy (non-hydrogen) atoms. The smallest absolute Gasteiger partial charge is 0.332 e. The highest BCUT2D eigenvalue weighted by Gasteiger charge is 2.33. The molecule has 0 radical (unpaired) electrons. The average Bonchev–Trinajstić information content (AvgIpc) is 3.60. The van der Waals surface area contributed by atoms with Gasteiger partial charge in [0.25, 0.3) is 0 Å². The summed E-state index contributed by atoms with van der Waals surface area (Å²) in [5.41, 5.74) is 3.15. The van der Waals surface area contributed by atoms with Crippen LogP contribution in [0, 0.1) is 0 Å². The van der Waals surface area contributed by atoms with Gasteiger partial charge in [-0.05, 0) is 31.0 Å². The van der Waals surface area contributed by atoms with Gasteiger partial charge in [0.15, 0.2) is 6.10 Å². The molecule has 11 nitrogen and oxygen atoms in total. The number of fused-ring (bicyclic) bond motifs is 1. The molecule has 5 rings (SSSR count). The minimum absolute atomic E-state index is 0.437. The van der Waals surface area contributed by atoms with Gasteiger partial charge in [-0.25, -0.2) is 14.8 Å². The van der Waals surface area contributed by atoms with Crippen molar-refractivity contribution in [1.29, 1.82) is 0 Å². The molecule has 3 aromatic heterocycles. The number of rotatable bonds is 8. The summed E-state index contributed by atoms with van der Waals surface area (Å²) in [5.74, 6) is 1.07. The van der Waals surface area contributed by atoms with Gasteiger partial charge in [0.1, 0.15) is 35.5 Å². The molecule has 11 heteroatoms. The van der Waals surface area contributed by atoms with Crippen molar-refractivity contribution in [2.45, 2.75) is 31.7 Å². The van der Waals surface area contributed by atoms with E-state index in [1.807, 2.05) is 48.3 Å². The summed E-state index contributed by atoms with van der Waals surface area (Å²) in [6.07, 6.45) is 4.99. The molecule has 2 unspecified atom stereocenters. The molecule has 1 aromatic carbocycles. The molecule has 2 N–H and O–H groups in total. The lowest BCUT2D eigenvalue weighted by molar-refractivity contribution is -0.151. The number of aliphatic carboxylic acids is 1. The summed E-state index contributed by atoms with van der Waals surface area (Å²) in [5, 5.41) is 18.1. The third kappa shape index (κ3) is 4.26. The second-order valence-corrected chi connectivity index (χ2v) is 8.27. The van der Waals surface area contributed by atoms with Gasteiger partial charge >= 0.3 is 5.97 Å². The van der Waals surface area contributed by atoms with Gasteiger partial charge in [-0.3, -0.25) is 4.68 Å². The van der Waals surface area contributed by atoms with Crippen molar-refractivity contribution in [3.8, 4) is 22.8 Å². The van der Waals surface area contributed by atoms with E-state index in [9.17, 15) is 9.90 Å². The third-order valence-electron chi connectivity index (χ3n) is 6.12. The van der Waals surface area contributed by atoms with Crippen LogP contribution in [0.5, 0.6) is 11.5 Å². The number of ether oxygens (including phenoxy) is 3. The van der Waals surface area contributed by atoms with Crippen molar-refractivity contribution in [2.24, 2.45) is 7.05 Å². The number of nitrogens with zero attached hydrogens (tertiary/aromatic N) is 5. The number of carboxylic acids is 1. The molecule has 4 aromatic rings. The maximum atomic E-state index is 11.4. The molecule has 0 amide bonds. The Morgan fingerprint density at radius 1 is 1.23 bits per heavy atom. The van der Waals surface area contributed by atoms with Crippen molar-refractivity contribution >= 4 is 22.8 Å². The number of aryl methyl sites for hydroxylation is 1. The van der Waals surface area contributed by atoms with E-state index in [1.165, 1.54) is 6.33 Å². The number of aromatic nitrogens is 5. The number of nitrogens with one attached hydrogen (secondary N) is 1. The Hall–Kier alpha value is -4.12. The first kappa shape index (κ1) is 22.7. The fourth-order valence-electron chi connectivity index (χ4n) is 4.37. The Balaban J connectivity index is 1.55. The van der Waals surface area contributed by atoms with Crippen LogP contribution in [-0.2, 0) is 23.1 Å². The van der Waals surface area contributed by atoms with Crippen LogP contribution in [0.4, 0.5) is 5.82 Å². The zero-order chi connectivity index (χ0) is 24.5. The Bertz CT molecular complexity index is 1380. The van der Waals surface area contributed by atoms with E-state index in [2.05, 4.69) is 20.4 Å². The highest BCUT2D eigenvalue weighted by atomic mass is 16.5. The maximum Gasteiger partial charge on any atom is 0.332 e. The van der Waals surface area contributed by atoms with Gasteiger partial charge in [-0.1, -0.05) is 0 Å². The molecule has 0 saturated carbocycles. The van der Waals surface area contributed by atoms with Crippen LogP contribution >= 0.6 is 0 Å². The van der Waals surface area contributed by atoms with Gasteiger partial charge in [0.05, 0.1) is 25.3 Å². The van der Waals surface area contributed by atoms with Crippen molar-refractivity contribution in [1.82, 2.24) is 24.3 Å². The van der Waals surface area contributed by atoms with E-state index >= 15 is 0 Å². The zero-order valence-corrected chi connectivity index (χ0v) is 19.6. The summed E-state index contributed by atoms with van der Waals surface area (Å²) in [6.45, 7) is 0.452. The summed E-state index contributed by atoms with van der Waals surface area (Å²) in [7, 11) is 5.08. The molecule has 182 valence electrons. The van der Waals surface area contributed by atoms with Crippen molar-refractivity contribution in [3.05, 3.63) is 48.5 Å². The van der Waals surface area contributed by atoms with Crippen LogP contribution in [0.15, 0.2) is 43.0 Å². The largest absolute Gasteiger partial charge is 0.497 e. The third-order valence-corrected chi connectivity index (χ3v) is 6.12. The van der Waals surface area contributed by atoms with Gasteiger partial charge in [-0.2, -0.15) is 5.10 Å². The molecular formula is C24H26N6O5. The van der Waals surface area contributed by atoms with Crippen molar-refractivity contribution in [3.63, 3.8) is 0 Å². The maximum absolute atomic E-state index is 11.4. The van der Waals surface area contributed by atoms with E-state index in [-0.39, 0.29) is 0 Å². The summed E-state index contributed by atoms with van der Waals surface area (Å²) >= 11 is 0. The molecule has 4 heterocycles. The van der Waals surface area contributed by atoms with Crippen molar-refractivity contribution < 1.29 is 24.1 Å². The number of carboxylic acid groups (broad SMARTS) is 1. The molecule has 2 atom stereocenters. The standard InChI is InChI=1S/C24H26N6O5/c1-29-9-8-17(28-29)16-12-30(20-7-6-18(35-20)24(31)32)23-21(16)22(26-13-27-23)25-11-14-4-5-15(33-2)10-19(14)34-3/h4-5,8-10,12-13,18,20H,6-7,11H2,1-3H3,(H,31,32)(H,25,26,27). The van der Waals surface area contributed by atoms with Gasteiger partial charge in [0.2, 0.25) is 0 Å². The van der Waals surface area contributed by atoms with Crippen LogP contribution in [0.1, 0.15) is 24.6 Å². The summed E-state index contributed by atoms with van der Waals surface area (Å²) in [4.78, 5) is 20.5. The predicted molar refractivity (Wildman–Crippen MR) is 127 cm³/mol. The second kappa shape index (κ2) is 9.26. The first-order valence-corrected chi connectivity index (χ1v) is 11.2. The van der Waals surface area contributed by atoms with E-state index < -0.39 is 18.3 Å². The monoisotopic (exact) mass is 478 g/mol. The molecule has 0 aliphatic carbocycles. The fourth-order valence-corrected chi connectivity index (χ4v) is 4.37. The molecule has 0 bridgehead atoms. The average molecular weight is 479 g/mol. The topological polar surface area (TPSA) is 126 Å². The first-order valence-electron chi connectivity index (χ1n) is 11.2. The normalized spacial score (nSPS) is 17.6. The number of carbonyl (C=O) groups is 1. The lowest BCUT2D eigenvalue weighted by atomic mass is 10.1. The Morgan fingerprint density at radius 3 is 2.77 bits per heavy atom. The number of benzene rings is 1. The molecule has 1 saturated heterocycles.